The molecule has 0 saturated carbocycles. The van der Waals surface area contributed by atoms with Crippen LogP contribution in [0, 0.1) is 7.14 Å². The van der Waals surface area contributed by atoms with Crippen molar-refractivity contribution >= 4 is 68.2 Å². The van der Waals surface area contributed by atoms with Crippen molar-refractivity contribution in [3.63, 3.8) is 0 Å². The summed E-state index contributed by atoms with van der Waals surface area (Å²) in [5.74, 6) is 0.759. The van der Waals surface area contributed by atoms with E-state index in [-0.39, 0.29) is 5.75 Å². The second-order valence-corrected chi connectivity index (χ2v) is 7.90. The van der Waals surface area contributed by atoms with Crippen LogP contribution in [0.15, 0.2) is 64.3 Å². The number of phenolic OH excluding ortho intramolecular Hbond substituents is 1. The number of rotatable bonds is 3. The number of aliphatic imine (C=N–C) groups is 1. The molecular weight excluding hydrogens is 556 g/mol. The van der Waals surface area contributed by atoms with Gasteiger partial charge in [0.05, 0.1) is 14.8 Å². The number of aromatic hydroxyl groups is 1. The molecule has 26 heavy (non-hydrogen) atoms. The highest BCUT2D eigenvalue weighted by Gasteiger charge is 2.09. The van der Waals surface area contributed by atoms with Crippen LogP contribution < -0.4 is 0 Å². The zero-order valence-electron chi connectivity index (χ0n) is 13.2. The van der Waals surface area contributed by atoms with Gasteiger partial charge in [0.2, 0.25) is 5.89 Å². The summed E-state index contributed by atoms with van der Waals surface area (Å²) in [4.78, 5) is 13.1. The van der Waals surface area contributed by atoms with E-state index in [0.717, 1.165) is 23.9 Å². The quantitative estimate of drug-likeness (QED) is 0.260. The van der Waals surface area contributed by atoms with E-state index in [1.54, 1.807) is 18.6 Å². The zero-order valence-corrected chi connectivity index (χ0v) is 17.5. The van der Waals surface area contributed by atoms with Gasteiger partial charge in [-0.15, -0.1) is 0 Å². The highest BCUT2D eigenvalue weighted by atomic mass is 127. The van der Waals surface area contributed by atoms with E-state index in [9.17, 15) is 5.11 Å². The van der Waals surface area contributed by atoms with Crippen molar-refractivity contribution in [2.75, 3.05) is 0 Å². The van der Waals surface area contributed by atoms with E-state index in [1.807, 2.05) is 42.5 Å². The largest absolute Gasteiger partial charge is 0.506 e. The van der Waals surface area contributed by atoms with Crippen LogP contribution in [0.25, 0.3) is 22.6 Å². The second-order valence-electron chi connectivity index (χ2n) is 5.50. The number of hydrogen-bond donors (Lipinski definition) is 1. The van der Waals surface area contributed by atoms with Crippen molar-refractivity contribution < 1.29 is 9.52 Å². The standard InChI is InChI=1S/C19H11I2N3O2/c20-13-6-12(18(25)15(21)7-13)10-23-14-3-4-17-16(8-14)24-19(26-17)11-2-1-5-22-9-11/h1-10,25H. The lowest BCUT2D eigenvalue weighted by Crippen LogP contribution is -1.87. The summed E-state index contributed by atoms with van der Waals surface area (Å²) in [7, 11) is 0. The number of aromatic nitrogens is 2. The second kappa shape index (κ2) is 7.31. The lowest BCUT2D eigenvalue weighted by atomic mass is 10.2. The number of hydrogen-bond acceptors (Lipinski definition) is 5. The normalized spacial score (nSPS) is 11.5. The molecule has 0 amide bonds. The summed E-state index contributed by atoms with van der Waals surface area (Å²) < 4.78 is 7.61. The van der Waals surface area contributed by atoms with Crippen molar-refractivity contribution in [3.05, 3.63) is 67.6 Å². The monoisotopic (exact) mass is 567 g/mol. The molecular formula is C19H11I2N3O2. The summed E-state index contributed by atoms with van der Waals surface area (Å²) >= 11 is 4.32. The van der Waals surface area contributed by atoms with Gasteiger partial charge in [-0.2, -0.15) is 0 Å². The predicted octanol–water partition coefficient (Wildman–Crippen LogP) is 5.56. The number of pyridine rings is 1. The first kappa shape index (κ1) is 17.4. The van der Waals surface area contributed by atoms with Crippen LogP contribution in [0.1, 0.15) is 5.56 Å². The summed E-state index contributed by atoms with van der Waals surface area (Å²) in [5, 5.41) is 10.2. The fraction of sp³-hybridized carbons (Fsp3) is 0. The number of benzene rings is 2. The van der Waals surface area contributed by atoms with E-state index in [1.165, 1.54) is 0 Å². The Labute approximate surface area is 176 Å². The third kappa shape index (κ3) is 3.58. The van der Waals surface area contributed by atoms with Crippen LogP contribution in [0.2, 0.25) is 0 Å². The van der Waals surface area contributed by atoms with Crippen LogP contribution in [0.4, 0.5) is 5.69 Å². The van der Waals surface area contributed by atoms with Gasteiger partial charge in [0.25, 0.3) is 0 Å². The highest BCUT2D eigenvalue weighted by Crippen LogP contribution is 2.28. The fourth-order valence-electron chi connectivity index (χ4n) is 2.44. The third-order valence-corrected chi connectivity index (χ3v) is 5.14. The predicted molar refractivity (Wildman–Crippen MR) is 118 cm³/mol. The number of phenols is 1. The topological polar surface area (TPSA) is 71.5 Å². The van der Waals surface area contributed by atoms with Gasteiger partial charge in [0, 0.05) is 27.7 Å². The van der Waals surface area contributed by atoms with Crippen molar-refractivity contribution in [2.24, 2.45) is 4.99 Å². The average molecular weight is 567 g/mol. The first-order valence-electron chi connectivity index (χ1n) is 7.63. The van der Waals surface area contributed by atoms with E-state index >= 15 is 0 Å². The summed E-state index contributed by atoms with van der Waals surface area (Å²) in [6.45, 7) is 0. The molecule has 0 saturated heterocycles. The Morgan fingerprint density at radius 1 is 1.12 bits per heavy atom. The van der Waals surface area contributed by atoms with Gasteiger partial charge in [-0.1, -0.05) is 0 Å². The smallest absolute Gasteiger partial charge is 0.228 e. The lowest BCUT2D eigenvalue weighted by molar-refractivity contribution is 0.470. The Hall–Kier alpha value is -2.01. The van der Waals surface area contributed by atoms with Crippen LogP contribution in [0.5, 0.6) is 5.75 Å². The molecule has 128 valence electrons. The summed E-state index contributed by atoms with van der Waals surface area (Å²) in [5.41, 5.74) is 3.65. The highest BCUT2D eigenvalue weighted by molar-refractivity contribution is 14.1. The molecule has 5 nitrogen and oxygen atoms in total. The Morgan fingerprint density at radius 2 is 2.00 bits per heavy atom. The number of nitrogens with zero attached hydrogens (tertiary/aromatic N) is 3. The van der Waals surface area contributed by atoms with E-state index in [2.05, 4.69) is 60.1 Å². The molecule has 2 heterocycles. The van der Waals surface area contributed by atoms with Gasteiger partial charge in [0.15, 0.2) is 5.58 Å². The van der Waals surface area contributed by atoms with Gasteiger partial charge in [0.1, 0.15) is 11.3 Å². The maximum absolute atomic E-state index is 10.2. The van der Waals surface area contributed by atoms with E-state index in [0.29, 0.717) is 17.0 Å². The van der Waals surface area contributed by atoms with Crippen molar-refractivity contribution in [1.82, 2.24) is 9.97 Å². The SMILES string of the molecule is Oc1c(I)cc(I)cc1C=Nc1ccc2oc(-c3cccnc3)nc2c1. The minimum atomic E-state index is 0.233. The number of fused-ring (bicyclic) bond motifs is 1. The minimum Gasteiger partial charge on any atom is -0.506 e. The first-order valence-corrected chi connectivity index (χ1v) is 9.79. The van der Waals surface area contributed by atoms with Crippen LogP contribution >= 0.6 is 45.2 Å². The van der Waals surface area contributed by atoms with Gasteiger partial charge in [-0.05, 0) is 87.6 Å². The van der Waals surface area contributed by atoms with Gasteiger partial charge < -0.3 is 9.52 Å². The van der Waals surface area contributed by atoms with Crippen molar-refractivity contribution in [1.29, 1.82) is 0 Å². The molecule has 0 atom stereocenters. The summed E-state index contributed by atoms with van der Waals surface area (Å²) in [6, 6.07) is 13.1. The van der Waals surface area contributed by atoms with Crippen molar-refractivity contribution in [2.45, 2.75) is 0 Å². The van der Waals surface area contributed by atoms with Gasteiger partial charge in [-0.25, -0.2) is 4.98 Å². The number of halogens is 2. The molecule has 0 aliphatic carbocycles. The number of oxazole rings is 1. The fourth-order valence-corrected chi connectivity index (χ4v) is 4.33. The Morgan fingerprint density at radius 3 is 2.81 bits per heavy atom. The Balaban J connectivity index is 1.68. The minimum absolute atomic E-state index is 0.233. The van der Waals surface area contributed by atoms with Crippen LogP contribution in [-0.4, -0.2) is 21.3 Å². The molecule has 1 N–H and O–H groups in total. The summed E-state index contributed by atoms with van der Waals surface area (Å²) in [6.07, 6.45) is 5.08. The van der Waals surface area contributed by atoms with E-state index in [4.69, 9.17) is 4.42 Å². The zero-order chi connectivity index (χ0) is 18.1. The Bertz CT molecular complexity index is 1120. The molecule has 7 heteroatoms. The molecule has 4 rings (SSSR count). The van der Waals surface area contributed by atoms with Gasteiger partial charge in [-0.3, -0.25) is 9.98 Å². The molecule has 2 aromatic carbocycles. The van der Waals surface area contributed by atoms with Crippen molar-refractivity contribution in [3.8, 4) is 17.2 Å². The third-order valence-electron chi connectivity index (χ3n) is 3.69. The Kier molecular flexibility index (Phi) is 4.90. The van der Waals surface area contributed by atoms with E-state index < -0.39 is 0 Å². The molecule has 0 aliphatic heterocycles. The van der Waals surface area contributed by atoms with Crippen LogP contribution in [0.3, 0.4) is 0 Å². The molecule has 0 spiro atoms. The average Bonchev–Trinajstić information content (AvgIpc) is 3.07. The maximum atomic E-state index is 10.2. The van der Waals surface area contributed by atoms with Crippen LogP contribution in [-0.2, 0) is 0 Å². The maximum Gasteiger partial charge on any atom is 0.228 e. The molecule has 0 bridgehead atoms. The molecule has 0 radical (unpaired) electrons. The molecule has 0 fully saturated rings. The first-order chi connectivity index (χ1) is 12.6. The molecule has 0 unspecified atom stereocenters. The molecule has 4 aromatic rings. The molecule has 2 aromatic heterocycles. The van der Waals surface area contributed by atoms with Gasteiger partial charge >= 0.3 is 0 Å². The molecule has 0 aliphatic rings. The lowest BCUT2D eigenvalue weighted by Gasteiger charge is -2.02.